The van der Waals surface area contributed by atoms with Crippen LogP contribution in [0.15, 0.2) is 0 Å². The van der Waals surface area contributed by atoms with Gasteiger partial charge in [0.1, 0.15) is 13.2 Å². The van der Waals surface area contributed by atoms with Crippen molar-refractivity contribution in [2.45, 2.75) is 398 Å². The minimum atomic E-state index is -4.32. The van der Waals surface area contributed by atoms with E-state index in [1.54, 1.807) is 0 Å². The summed E-state index contributed by atoms with van der Waals surface area (Å²) in [4.78, 5) is 23.4. The fraction of sp³-hybridized carbons (Fsp3) is 0.986. The van der Waals surface area contributed by atoms with Crippen LogP contribution >= 0.6 is 7.82 Å². The van der Waals surface area contributed by atoms with Crippen LogP contribution in [0, 0.1) is 0 Å². The van der Waals surface area contributed by atoms with E-state index in [4.69, 9.17) is 9.05 Å². The lowest BCUT2D eigenvalue weighted by Gasteiger charge is -2.26. The van der Waals surface area contributed by atoms with Gasteiger partial charge in [-0.3, -0.25) is 13.8 Å². The van der Waals surface area contributed by atoms with E-state index in [1.165, 1.54) is 321 Å². The number of nitrogens with zero attached hydrogens (tertiary/aromatic N) is 1. The predicted octanol–water partition coefficient (Wildman–Crippen LogP) is 22.3. The number of phosphoric ester groups is 1. The van der Waals surface area contributed by atoms with E-state index in [1.807, 2.05) is 21.1 Å². The van der Waals surface area contributed by atoms with Gasteiger partial charge in [0.05, 0.1) is 39.9 Å². The minimum Gasteiger partial charge on any atom is -0.391 e. The van der Waals surface area contributed by atoms with Crippen LogP contribution in [-0.4, -0.2) is 73.4 Å². The Kier molecular flexibility index (Phi) is 60.7. The first-order valence-corrected chi connectivity index (χ1v) is 36.9. The van der Waals surface area contributed by atoms with Gasteiger partial charge in [-0.25, -0.2) is 4.57 Å². The third-order valence-electron chi connectivity index (χ3n) is 16.9. The number of carbonyl (C=O) groups is 1. The van der Waals surface area contributed by atoms with E-state index in [0.29, 0.717) is 23.9 Å². The van der Waals surface area contributed by atoms with E-state index in [0.717, 1.165) is 38.5 Å². The predicted molar refractivity (Wildman–Crippen MR) is 342 cm³/mol. The number of aliphatic hydroxyl groups excluding tert-OH is 1. The average molecular weight is 1130 g/mol. The second-order valence-corrected chi connectivity index (χ2v) is 27.4. The van der Waals surface area contributed by atoms with Gasteiger partial charge >= 0.3 is 7.82 Å². The molecule has 0 aromatic rings. The third-order valence-corrected chi connectivity index (χ3v) is 17.8. The number of likely N-dealkylation sites (N-methyl/N-ethyl adjacent to an activating group) is 1. The van der Waals surface area contributed by atoms with Crippen molar-refractivity contribution in [3.8, 4) is 0 Å². The fourth-order valence-corrected chi connectivity index (χ4v) is 12.1. The first-order valence-electron chi connectivity index (χ1n) is 35.4. The molecule has 3 unspecified atom stereocenters. The molecule has 0 aliphatic rings. The van der Waals surface area contributed by atoms with Gasteiger partial charge in [0.15, 0.2) is 0 Å². The van der Waals surface area contributed by atoms with Gasteiger partial charge in [-0.15, -0.1) is 0 Å². The molecule has 3 N–H and O–H groups in total. The van der Waals surface area contributed by atoms with Crippen LogP contribution in [0.25, 0.3) is 0 Å². The number of nitrogens with one attached hydrogen (secondary N) is 1. The molecule has 0 radical (unpaired) electrons. The normalized spacial score (nSPS) is 13.6. The zero-order valence-corrected chi connectivity index (χ0v) is 54.6. The van der Waals surface area contributed by atoms with Crippen LogP contribution in [0.3, 0.4) is 0 Å². The van der Waals surface area contributed by atoms with Crippen molar-refractivity contribution in [3.63, 3.8) is 0 Å². The van der Waals surface area contributed by atoms with Crippen LogP contribution in [-0.2, 0) is 18.4 Å². The van der Waals surface area contributed by atoms with Crippen molar-refractivity contribution < 1.29 is 32.9 Å². The number of unbranched alkanes of at least 4 members (excludes halogenated alkanes) is 54. The molecule has 0 bridgehead atoms. The molecule has 0 aromatic carbocycles. The number of phosphoric acid groups is 1. The Labute approximate surface area is 489 Å². The van der Waals surface area contributed by atoms with Gasteiger partial charge in [0, 0.05) is 6.42 Å². The quantitative estimate of drug-likeness (QED) is 0.0318. The molecule has 0 aromatic heterocycles. The number of hydrogen-bond donors (Lipinski definition) is 3. The molecule has 3 atom stereocenters. The van der Waals surface area contributed by atoms with Crippen LogP contribution < -0.4 is 5.32 Å². The van der Waals surface area contributed by atoms with Crippen molar-refractivity contribution in [1.29, 1.82) is 0 Å². The summed E-state index contributed by atoms with van der Waals surface area (Å²) in [5.74, 6) is -0.133. The first kappa shape index (κ1) is 77.5. The zero-order valence-electron chi connectivity index (χ0n) is 53.7. The summed E-state index contributed by atoms with van der Waals surface area (Å²) < 4.78 is 23.9. The second kappa shape index (κ2) is 61.1. The molecule has 0 aliphatic heterocycles. The molecular formula is C69H142N2O6P+. The Bertz CT molecular complexity index is 1230. The molecule has 0 saturated heterocycles. The SMILES string of the molecule is CCCCCCCCCCCCCCCCCCCCCCCCCCCCCCCCCCCCCCCC(=O)NC(COP(=O)(O)OCC[N+](C)(C)C)C(O)CCCCCCCCCCCCCCCCCCCCC. The lowest BCUT2D eigenvalue weighted by atomic mass is 10.0. The lowest BCUT2D eigenvalue weighted by Crippen LogP contribution is -2.46. The first-order chi connectivity index (χ1) is 38.0. The lowest BCUT2D eigenvalue weighted by molar-refractivity contribution is -0.870. The van der Waals surface area contributed by atoms with Gasteiger partial charge in [-0.1, -0.05) is 367 Å². The van der Waals surface area contributed by atoms with Crippen LogP contribution in [0.5, 0.6) is 0 Å². The monoisotopic (exact) mass is 1130 g/mol. The van der Waals surface area contributed by atoms with Crippen molar-refractivity contribution in [3.05, 3.63) is 0 Å². The van der Waals surface area contributed by atoms with E-state index < -0.39 is 20.0 Å². The Morgan fingerprint density at radius 1 is 0.385 bits per heavy atom. The second-order valence-electron chi connectivity index (χ2n) is 26.0. The molecule has 78 heavy (non-hydrogen) atoms. The van der Waals surface area contributed by atoms with Gasteiger partial charge in [-0.2, -0.15) is 0 Å². The molecule has 9 heteroatoms. The van der Waals surface area contributed by atoms with Gasteiger partial charge < -0.3 is 19.8 Å². The summed E-state index contributed by atoms with van der Waals surface area (Å²) in [6.07, 6.45) is 76.5. The number of quaternary nitrogens is 1. The largest absolute Gasteiger partial charge is 0.472 e. The number of rotatable bonds is 67. The Morgan fingerprint density at radius 2 is 0.615 bits per heavy atom. The highest BCUT2D eigenvalue weighted by Crippen LogP contribution is 2.43. The summed E-state index contributed by atoms with van der Waals surface area (Å²) in [6, 6.07) is -0.756. The highest BCUT2D eigenvalue weighted by atomic mass is 31.2. The number of aliphatic hydroxyl groups is 1. The average Bonchev–Trinajstić information content (AvgIpc) is 3.41. The minimum absolute atomic E-state index is 0.0794. The molecule has 8 nitrogen and oxygen atoms in total. The van der Waals surface area contributed by atoms with E-state index >= 15 is 0 Å². The van der Waals surface area contributed by atoms with Crippen LogP contribution in [0.2, 0.25) is 0 Å². The molecule has 0 rings (SSSR count). The number of amides is 1. The van der Waals surface area contributed by atoms with Crippen LogP contribution in [0.1, 0.15) is 386 Å². The Hall–Kier alpha value is -0.500. The van der Waals surface area contributed by atoms with E-state index in [-0.39, 0.29) is 19.1 Å². The maximum absolute atomic E-state index is 13.1. The van der Waals surface area contributed by atoms with Crippen molar-refractivity contribution in [1.82, 2.24) is 5.32 Å². The Morgan fingerprint density at radius 3 is 0.859 bits per heavy atom. The zero-order chi connectivity index (χ0) is 57.0. The molecule has 0 saturated carbocycles. The number of hydrogen-bond acceptors (Lipinski definition) is 5. The van der Waals surface area contributed by atoms with E-state index in [2.05, 4.69) is 19.2 Å². The summed E-state index contributed by atoms with van der Waals surface area (Å²) >= 11 is 0. The molecule has 0 fully saturated rings. The maximum Gasteiger partial charge on any atom is 0.472 e. The Balaban J connectivity index is 3.88. The van der Waals surface area contributed by atoms with Crippen LogP contribution in [0.4, 0.5) is 0 Å². The van der Waals surface area contributed by atoms with E-state index in [9.17, 15) is 19.4 Å². The molecule has 0 heterocycles. The van der Waals surface area contributed by atoms with Crippen molar-refractivity contribution >= 4 is 13.7 Å². The van der Waals surface area contributed by atoms with Crippen molar-refractivity contribution in [2.24, 2.45) is 0 Å². The van der Waals surface area contributed by atoms with Gasteiger partial charge in [-0.05, 0) is 12.8 Å². The van der Waals surface area contributed by atoms with Gasteiger partial charge in [0.25, 0.3) is 0 Å². The molecule has 1 amide bonds. The molecule has 468 valence electrons. The summed E-state index contributed by atoms with van der Waals surface area (Å²) in [5, 5.41) is 14.1. The third kappa shape index (κ3) is 63.1. The standard InChI is InChI=1S/C69H141N2O6P/c1-6-8-10-12-14-16-18-20-22-24-26-27-28-29-30-31-32-33-34-35-36-37-38-39-40-41-42-43-45-47-49-51-53-55-57-59-61-63-69(73)70-67(66-77-78(74,75)76-65-64-71(3,4)5)68(72)62-60-58-56-54-52-50-48-46-44-25-23-21-19-17-15-13-11-9-7-2/h67-68,72H,6-66H2,1-5H3,(H-,70,73,74,75)/p+1. The molecular weight excluding hydrogens is 984 g/mol. The maximum atomic E-state index is 13.1. The highest BCUT2D eigenvalue weighted by Gasteiger charge is 2.28. The summed E-state index contributed by atoms with van der Waals surface area (Å²) in [6.45, 7) is 4.96. The topological polar surface area (TPSA) is 105 Å². The van der Waals surface area contributed by atoms with Crippen molar-refractivity contribution in [2.75, 3.05) is 40.9 Å². The molecule has 0 spiro atoms. The smallest absolute Gasteiger partial charge is 0.391 e. The fourth-order valence-electron chi connectivity index (χ4n) is 11.3. The van der Waals surface area contributed by atoms with Gasteiger partial charge in [0.2, 0.25) is 5.91 Å². The highest BCUT2D eigenvalue weighted by molar-refractivity contribution is 7.47. The molecule has 0 aliphatic carbocycles. The summed E-state index contributed by atoms with van der Waals surface area (Å²) in [7, 11) is 1.64. The summed E-state index contributed by atoms with van der Waals surface area (Å²) in [5.41, 5.74) is 0. The number of carbonyl (C=O) groups excluding carboxylic acids is 1.